The Morgan fingerprint density at radius 3 is 1.26 bits per heavy atom. The molecule has 0 radical (unpaired) electrons. The highest BCUT2D eigenvalue weighted by atomic mass is 15.1. The van der Waals surface area contributed by atoms with Gasteiger partial charge in [-0.3, -0.25) is 0 Å². The molecule has 1 aliphatic rings. The van der Waals surface area contributed by atoms with Gasteiger partial charge in [0.15, 0.2) is 0 Å². The Hall–Kier alpha value is -8.20. The molecule has 0 saturated heterocycles. The van der Waals surface area contributed by atoms with Crippen molar-refractivity contribution < 1.29 is 0 Å². The zero-order valence-electron chi connectivity index (χ0n) is 36.5. The largest absolute Gasteiger partial charge is 0.310 e. The SMILES string of the molecule is Cc1ccc(N(c2ccccc2)c2ccc3c4c(c5ccccc5c3c2)-c2c(cc(N(c3ccccc3)c3ccc(C)cc3)c3ccccc23)C4(c2ccccc2)c2ccccc2)cc1. The number of nitrogens with zero attached hydrogens (tertiary/aromatic N) is 2. The molecule has 12 rings (SSSR count). The smallest absolute Gasteiger partial charge is 0.0720 e. The van der Waals surface area contributed by atoms with Crippen molar-refractivity contribution in [3.63, 3.8) is 0 Å². The van der Waals surface area contributed by atoms with Gasteiger partial charge in [0.2, 0.25) is 0 Å². The van der Waals surface area contributed by atoms with Crippen LogP contribution in [-0.4, -0.2) is 0 Å². The lowest BCUT2D eigenvalue weighted by Crippen LogP contribution is -2.29. The van der Waals surface area contributed by atoms with E-state index in [1.807, 2.05) is 0 Å². The van der Waals surface area contributed by atoms with Crippen LogP contribution in [0.4, 0.5) is 34.1 Å². The number of aryl methyl sites for hydroxylation is 2. The second-order valence-electron chi connectivity index (χ2n) is 17.4. The third kappa shape index (κ3) is 6.09. The fourth-order valence-corrected chi connectivity index (χ4v) is 10.8. The molecule has 2 heteroatoms. The van der Waals surface area contributed by atoms with Crippen LogP contribution in [0.1, 0.15) is 33.4 Å². The van der Waals surface area contributed by atoms with Crippen molar-refractivity contribution in [3.05, 3.63) is 276 Å². The topological polar surface area (TPSA) is 6.48 Å². The van der Waals surface area contributed by atoms with Crippen LogP contribution in [0.15, 0.2) is 243 Å². The number of para-hydroxylation sites is 2. The van der Waals surface area contributed by atoms with Crippen LogP contribution in [0.5, 0.6) is 0 Å². The quantitative estimate of drug-likeness (QED) is 0.141. The molecule has 308 valence electrons. The summed E-state index contributed by atoms with van der Waals surface area (Å²) in [4.78, 5) is 4.85. The minimum absolute atomic E-state index is 0.693. The van der Waals surface area contributed by atoms with Crippen LogP contribution in [0.2, 0.25) is 0 Å². The summed E-state index contributed by atoms with van der Waals surface area (Å²) in [7, 11) is 0. The highest BCUT2D eigenvalue weighted by molar-refractivity contribution is 6.24. The van der Waals surface area contributed by atoms with Gasteiger partial charge in [-0.15, -0.1) is 0 Å². The van der Waals surface area contributed by atoms with Crippen molar-refractivity contribution in [1.29, 1.82) is 0 Å². The predicted octanol–water partition coefficient (Wildman–Crippen LogP) is 17.1. The second-order valence-corrected chi connectivity index (χ2v) is 17.4. The summed E-state index contributed by atoms with van der Waals surface area (Å²) in [6, 6.07) is 89.9. The number of benzene rings is 11. The minimum Gasteiger partial charge on any atom is -0.310 e. The van der Waals surface area contributed by atoms with Crippen LogP contribution in [0, 0.1) is 13.8 Å². The van der Waals surface area contributed by atoms with E-state index in [0.717, 1.165) is 34.1 Å². The van der Waals surface area contributed by atoms with E-state index in [9.17, 15) is 0 Å². The van der Waals surface area contributed by atoms with Gasteiger partial charge in [-0.25, -0.2) is 0 Å². The van der Waals surface area contributed by atoms with Gasteiger partial charge in [0, 0.05) is 33.8 Å². The number of fused-ring (bicyclic) bond motifs is 10. The number of rotatable bonds is 8. The molecule has 0 aromatic heterocycles. The second kappa shape index (κ2) is 15.6. The fraction of sp³-hybridized carbons (Fsp3) is 0.0476. The number of hydrogen-bond acceptors (Lipinski definition) is 2. The van der Waals surface area contributed by atoms with Crippen molar-refractivity contribution in [2.24, 2.45) is 0 Å². The number of hydrogen-bond donors (Lipinski definition) is 0. The summed E-state index contributed by atoms with van der Waals surface area (Å²) < 4.78 is 0. The zero-order valence-corrected chi connectivity index (χ0v) is 36.5. The fourth-order valence-electron chi connectivity index (χ4n) is 10.8. The molecule has 0 amide bonds. The van der Waals surface area contributed by atoms with E-state index >= 15 is 0 Å². The van der Waals surface area contributed by atoms with Gasteiger partial charge in [0.25, 0.3) is 0 Å². The van der Waals surface area contributed by atoms with E-state index < -0.39 is 5.41 Å². The lowest BCUT2D eigenvalue weighted by atomic mass is 9.66. The van der Waals surface area contributed by atoms with Gasteiger partial charge in [-0.2, -0.15) is 0 Å². The molecule has 0 N–H and O–H groups in total. The molecule has 0 bridgehead atoms. The van der Waals surface area contributed by atoms with Crippen molar-refractivity contribution >= 4 is 66.4 Å². The van der Waals surface area contributed by atoms with Gasteiger partial charge in [0.05, 0.1) is 11.1 Å². The molecule has 0 atom stereocenters. The van der Waals surface area contributed by atoms with E-state index in [1.54, 1.807) is 0 Å². The lowest BCUT2D eigenvalue weighted by molar-refractivity contribution is 0.776. The average Bonchev–Trinajstić information content (AvgIpc) is 3.69. The molecule has 0 unspecified atom stereocenters. The van der Waals surface area contributed by atoms with Gasteiger partial charge < -0.3 is 9.80 Å². The first kappa shape index (κ1) is 38.5. The normalized spacial score (nSPS) is 12.6. The molecule has 65 heavy (non-hydrogen) atoms. The maximum Gasteiger partial charge on any atom is 0.0720 e. The summed E-state index contributed by atoms with van der Waals surface area (Å²) in [5.41, 5.74) is 16.2. The summed E-state index contributed by atoms with van der Waals surface area (Å²) in [6.07, 6.45) is 0. The van der Waals surface area contributed by atoms with Crippen LogP contribution < -0.4 is 9.80 Å². The van der Waals surface area contributed by atoms with E-state index in [2.05, 4.69) is 266 Å². The molecule has 0 aliphatic heterocycles. The van der Waals surface area contributed by atoms with Crippen LogP contribution in [0.25, 0.3) is 43.4 Å². The van der Waals surface area contributed by atoms with Crippen LogP contribution >= 0.6 is 0 Å². The Bertz CT molecular complexity index is 3490. The van der Waals surface area contributed by atoms with Crippen LogP contribution in [-0.2, 0) is 5.41 Å². The molecular formula is C63H46N2. The Kier molecular flexibility index (Phi) is 9.21. The summed E-state index contributed by atoms with van der Waals surface area (Å²) in [5.74, 6) is 0. The van der Waals surface area contributed by atoms with E-state index in [-0.39, 0.29) is 0 Å². The molecule has 1 aliphatic carbocycles. The Labute approximate surface area is 380 Å². The third-order valence-electron chi connectivity index (χ3n) is 13.6. The Morgan fingerprint density at radius 2 is 0.708 bits per heavy atom. The summed E-state index contributed by atoms with van der Waals surface area (Å²) in [6.45, 7) is 4.31. The minimum atomic E-state index is -0.693. The first-order valence-corrected chi connectivity index (χ1v) is 22.6. The molecule has 11 aromatic carbocycles. The van der Waals surface area contributed by atoms with E-state index in [1.165, 1.54) is 76.8 Å². The predicted molar refractivity (Wildman–Crippen MR) is 275 cm³/mol. The van der Waals surface area contributed by atoms with E-state index in [4.69, 9.17) is 0 Å². The Balaban J connectivity index is 1.25. The molecule has 0 spiro atoms. The average molecular weight is 831 g/mol. The summed E-state index contributed by atoms with van der Waals surface area (Å²) >= 11 is 0. The lowest BCUT2D eigenvalue weighted by Gasteiger charge is -2.36. The first-order valence-electron chi connectivity index (χ1n) is 22.6. The van der Waals surface area contributed by atoms with Gasteiger partial charge in [-0.1, -0.05) is 187 Å². The summed E-state index contributed by atoms with van der Waals surface area (Å²) in [5, 5.41) is 7.39. The molecular weight excluding hydrogens is 785 g/mol. The van der Waals surface area contributed by atoms with Crippen molar-refractivity contribution in [3.8, 4) is 11.1 Å². The highest BCUT2D eigenvalue weighted by Gasteiger charge is 2.49. The maximum atomic E-state index is 2.54. The highest BCUT2D eigenvalue weighted by Crippen LogP contribution is 2.63. The molecule has 0 fully saturated rings. The third-order valence-corrected chi connectivity index (χ3v) is 13.6. The molecule has 2 nitrogen and oxygen atoms in total. The monoisotopic (exact) mass is 830 g/mol. The zero-order chi connectivity index (χ0) is 43.5. The van der Waals surface area contributed by atoms with E-state index in [0.29, 0.717) is 0 Å². The van der Waals surface area contributed by atoms with Crippen molar-refractivity contribution in [2.45, 2.75) is 19.3 Å². The van der Waals surface area contributed by atoms with Crippen LogP contribution in [0.3, 0.4) is 0 Å². The maximum absolute atomic E-state index is 2.54. The molecule has 0 heterocycles. The molecule has 11 aromatic rings. The molecule has 0 saturated carbocycles. The van der Waals surface area contributed by atoms with Crippen molar-refractivity contribution in [2.75, 3.05) is 9.80 Å². The van der Waals surface area contributed by atoms with Gasteiger partial charge in [-0.05, 0) is 141 Å². The van der Waals surface area contributed by atoms with Gasteiger partial charge in [0.1, 0.15) is 0 Å². The number of anilines is 6. The van der Waals surface area contributed by atoms with Gasteiger partial charge >= 0.3 is 0 Å². The first-order chi connectivity index (χ1) is 32.1. The van der Waals surface area contributed by atoms with Crippen molar-refractivity contribution in [1.82, 2.24) is 0 Å². The standard InChI is InChI=1S/C63H46N2/c1-43-31-35-49(36-32-43)64(47-23-11-5-12-24-47)51-39-40-56-57(41-51)52-27-15-17-29-54(52)61-60-55-30-18-16-28-53(55)59(65(48-25-13-6-14-26-48)50-37-33-44(2)34-38-50)42-58(60)63(62(56)61,45-19-7-3-8-20-45)46-21-9-4-10-22-46/h3-42H,1-2H3. The Morgan fingerprint density at radius 1 is 0.292 bits per heavy atom.